The van der Waals surface area contributed by atoms with E-state index in [1.165, 1.54) is 0 Å². The van der Waals surface area contributed by atoms with E-state index in [1.54, 1.807) is 0 Å². The number of hydrogen-bond donors (Lipinski definition) is 0. The van der Waals surface area contributed by atoms with Crippen molar-refractivity contribution >= 4 is 11.8 Å². The average Bonchev–Trinajstić information content (AvgIpc) is 3.55. The molecule has 4 aliphatic rings. The summed E-state index contributed by atoms with van der Waals surface area (Å²) in [4.78, 5) is 23.7. The molecule has 6 unspecified atom stereocenters. The molecule has 0 aromatic rings. The summed E-state index contributed by atoms with van der Waals surface area (Å²) < 4.78 is 22.0. The molecular formula is C20H30O6. The Hall–Kier alpha value is -0.980. The topological polar surface area (TPSA) is 77.7 Å². The third-order valence-corrected chi connectivity index (χ3v) is 6.12. The molecule has 2 aliphatic carbocycles. The molecule has 2 saturated carbocycles. The maximum atomic E-state index is 11.9. The van der Waals surface area contributed by atoms with Gasteiger partial charge in [-0.3, -0.25) is 9.59 Å². The highest BCUT2D eigenvalue weighted by Crippen LogP contribution is 2.39. The summed E-state index contributed by atoms with van der Waals surface area (Å²) in [6, 6.07) is 0. The van der Waals surface area contributed by atoms with Crippen LogP contribution in [0.2, 0.25) is 0 Å². The van der Waals surface area contributed by atoms with Crippen LogP contribution in [0.15, 0.2) is 0 Å². The first-order valence-electron chi connectivity index (χ1n) is 10.3. The molecule has 6 atom stereocenters. The molecule has 0 aromatic carbocycles. The van der Waals surface area contributed by atoms with E-state index >= 15 is 0 Å². The Balaban J connectivity index is 0.992. The van der Waals surface area contributed by atoms with E-state index in [1.807, 2.05) is 0 Å². The van der Waals surface area contributed by atoms with Crippen LogP contribution in [0.5, 0.6) is 0 Å². The number of carbonyl (C=O) groups excluding carboxylic acids is 2. The average molecular weight is 366 g/mol. The van der Waals surface area contributed by atoms with Gasteiger partial charge in [0.15, 0.2) is 5.78 Å². The number of Topliss-reactive ketones (excluding diaryl/α,β-unsaturated/α-hetero) is 1. The van der Waals surface area contributed by atoms with Gasteiger partial charge in [-0.25, -0.2) is 0 Å². The first-order chi connectivity index (χ1) is 12.7. The quantitative estimate of drug-likeness (QED) is 0.336. The number of fused-ring (bicyclic) bond motifs is 2. The lowest BCUT2D eigenvalue weighted by Gasteiger charge is -2.19. The lowest BCUT2D eigenvalue weighted by atomic mass is 9.90. The van der Waals surface area contributed by atoms with E-state index in [-0.39, 0.29) is 24.5 Å². The lowest BCUT2D eigenvalue weighted by molar-refractivity contribution is -0.145. The predicted octanol–water partition coefficient (Wildman–Crippen LogP) is 2.56. The SMILES string of the molecule is O=C(CCCCC(=O)OCC1CCC2OC2C1)COC1CCC2OC2C1. The van der Waals surface area contributed by atoms with Crippen molar-refractivity contribution < 1.29 is 28.5 Å². The Kier molecular flexibility index (Phi) is 5.91. The summed E-state index contributed by atoms with van der Waals surface area (Å²) in [5.74, 6) is 0.435. The molecule has 0 spiro atoms. The first kappa shape index (κ1) is 18.4. The number of ether oxygens (including phenoxy) is 4. The van der Waals surface area contributed by atoms with Gasteiger partial charge in [0.1, 0.15) is 6.61 Å². The van der Waals surface area contributed by atoms with Gasteiger partial charge in [0, 0.05) is 19.3 Å². The van der Waals surface area contributed by atoms with E-state index in [0.717, 1.165) is 44.9 Å². The van der Waals surface area contributed by atoms with E-state index in [4.69, 9.17) is 18.9 Å². The normalized spacial score (nSPS) is 37.4. The number of epoxide rings is 2. The van der Waals surface area contributed by atoms with Crippen molar-refractivity contribution in [2.24, 2.45) is 5.92 Å². The molecule has 146 valence electrons. The van der Waals surface area contributed by atoms with Gasteiger partial charge in [0.2, 0.25) is 0 Å². The number of hydrogen-bond acceptors (Lipinski definition) is 6. The summed E-state index contributed by atoms with van der Waals surface area (Å²) in [6.07, 6.45) is 10.4. The van der Waals surface area contributed by atoms with Crippen LogP contribution in [0.25, 0.3) is 0 Å². The molecule has 26 heavy (non-hydrogen) atoms. The molecule has 6 heteroatoms. The highest BCUT2D eigenvalue weighted by Gasteiger charge is 2.44. The number of ketones is 1. The van der Waals surface area contributed by atoms with Crippen molar-refractivity contribution in [2.75, 3.05) is 13.2 Å². The minimum Gasteiger partial charge on any atom is -0.465 e. The van der Waals surface area contributed by atoms with Crippen LogP contribution in [0.3, 0.4) is 0 Å². The van der Waals surface area contributed by atoms with Crippen LogP contribution >= 0.6 is 0 Å². The summed E-state index contributed by atoms with van der Waals surface area (Å²) in [6.45, 7) is 0.712. The Bertz CT molecular complexity index is 474. The Labute approximate surface area is 154 Å². The van der Waals surface area contributed by atoms with E-state index in [2.05, 4.69) is 0 Å². The van der Waals surface area contributed by atoms with Crippen molar-refractivity contribution in [1.29, 1.82) is 0 Å². The Morgan fingerprint density at radius 2 is 1.58 bits per heavy atom. The largest absolute Gasteiger partial charge is 0.465 e. The van der Waals surface area contributed by atoms with Gasteiger partial charge in [-0.05, 0) is 50.9 Å². The minimum absolute atomic E-state index is 0.124. The van der Waals surface area contributed by atoms with Crippen molar-refractivity contribution in [1.82, 2.24) is 0 Å². The first-order valence-corrected chi connectivity index (χ1v) is 10.3. The van der Waals surface area contributed by atoms with Crippen molar-refractivity contribution in [3.05, 3.63) is 0 Å². The molecule has 2 aliphatic heterocycles. The second-order valence-corrected chi connectivity index (χ2v) is 8.28. The molecule has 4 fully saturated rings. The van der Waals surface area contributed by atoms with Gasteiger partial charge in [-0.15, -0.1) is 0 Å². The van der Waals surface area contributed by atoms with Crippen LogP contribution in [-0.2, 0) is 28.5 Å². The Morgan fingerprint density at radius 3 is 2.35 bits per heavy atom. The fourth-order valence-electron chi connectivity index (χ4n) is 4.31. The van der Waals surface area contributed by atoms with Crippen LogP contribution in [0.1, 0.15) is 64.2 Å². The third kappa shape index (κ3) is 5.27. The standard InChI is InChI=1S/C20H30O6/c21-14(12-23-15-6-8-17-19(10-15)26-17)3-1-2-4-20(22)24-11-13-5-7-16-18(9-13)25-16/h13,15-19H,1-12H2. The van der Waals surface area contributed by atoms with Crippen LogP contribution in [0.4, 0.5) is 0 Å². The zero-order chi connectivity index (χ0) is 17.9. The van der Waals surface area contributed by atoms with Gasteiger partial charge < -0.3 is 18.9 Å². The summed E-state index contributed by atoms with van der Waals surface area (Å²) in [5, 5.41) is 0. The van der Waals surface area contributed by atoms with Gasteiger partial charge in [-0.1, -0.05) is 0 Å². The highest BCUT2D eigenvalue weighted by molar-refractivity contribution is 5.79. The number of carbonyl (C=O) groups is 2. The minimum atomic E-state index is -0.145. The monoisotopic (exact) mass is 366 g/mol. The predicted molar refractivity (Wildman–Crippen MR) is 92.7 cm³/mol. The van der Waals surface area contributed by atoms with Crippen LogP contribution in [0, 0.1) is 5.92 Å². The molecule has 0 bridgehead atoms. The zero-order valence-electron chi connectivity index (χ0n) is 15.4. The molecule has 2 heterocycles. The van der Waals surface area contributed by atoms with Crippen molar-refractivity contribution in [3.63, 3.8) is 0 Å². The molecule has 0 radical (unpaired) electrons. The second-order valence-electron chi connectivity index (χ2n) is 8.28. The molecule has 0 N–H and O–H groups in total. The third-order valence-electron chi connectivity index (χ3n) is 6.12. The maximum absolute atomic E-state index is 11.9. The highest BCUT2D eigenvalue weighted by atomic mass is 16.6. The molecule has 0 aromatic heterocycles. The zero-order valence-corrected chi connectivity index (χ0v) is 15.4. The number of unbranched alkanes of at least 4 members (excludes halogenated alkanes) is 1. The lowest BCUT2D eigenvalue weighted by Crippen LogP contribution is -2.24. The summed E-state index contributed by atoms with van der Waals surface area (Å²) in [5.41, 5.74) is 0. The van der Waals surface area contributed by atoms with E-state index in [9.17, 15) is 9.59 Å². The van der Waals surface area contributed by atoms with Crippen LogP contribution < -0.4 is 0 Å². The van der Waals surface area contributed by atoms with Gasteiger partial charge in [-0.2, -0.15) is 0 Å². The summed E-state index contributed by atoms with van der Waals surface area (Å²) in [7, 11) is 0. The molecular weight excluding hydrogens is 336 g/mol. The van der Waals surface area contributed by atoms with Crippen molar-refractivity contribution in [2.45, 2.75) is 94.7 Å². The molecule has 0 amide bonds. The number of rotatable bonds is 10. The fraction of sp³-hybridized carbons (Fsp3) is 0.900. The van der Waals surface area contributed by atoms with Crippen LogP contribution in [-0.4, -0.2) is 55.5 Å². The van der Waals surface area contributed by atoms with E-state index < -0.39 is 0 Å². The fourth-order valence-corrected chi connectivity index (χ4v) is 4.31. The molecule has 6 nitrogen and oxygen atoms in total. The van der Waals surface area contributed by atoms with E-state index in [0.29, 0.717) is 56.2 Å². The number of esters is 1. The van der Waals surface area contributed by atoms with Crippen molar-refractivity contribution in [3.8, 4) is 0 Å². The van der Waals surface area contributed by atoms with Gasteiger partial charge in [0.05, 0.1) is 37.1 Å². The maximum Gasteiger partial charge on any atom is 0.305 e. The Morgan fingerprint density at radius 1 is 0.846 bits per heavy atom. The molecule has 2 saturated heterocycles. The smallest absolute Gasteiger partial charge is 0.305 e. The summed E-state index contributed by atoms with van der Waals surface area (Å²) >= 11 is 0. The van der Waals surface area contributed by atoms with Gasteiger partial charge in [0.25, 0.3) is 0 Å². The second kappa shape index (κ2) is 8.36. The molecule has 4 rings (SSSR count). The van der Waals surface area contributed by atoms with Gasteiger partial charge >= 0.3 is 5.97 Å².